The molecule has 0 saturated carbocycles. The van der Waals surface area contributed by atoms with Crippen molar-refractivity contribution in [2.45, 2.75) is 12.7 Å². The predicted octanol–water partition coefficient (Wildman–Crippen LogP) is 5.06. The van der Waals surface area contributed by atoms with Crippen molar-refractivity contribution in [2.75, 3.05) is 0 Å². The van der Waals surface area contributed by atoms with Crippen LogP contribution in [0.5, 0.6) is 11.5 Å². The van der Waals surface area contributed by atoms with E-state index < -0.39 is 40.9 Å². The van der Waals surface area contributed by atoms with E-state index in [-0.39, 0.29) is 27.8 Å². The molecule has 0 heterocycles. The molecule has 12 heteroatoms. The largest absolute Gasteiger partial charge is 0.573 e. The van der Waals surface area contributed by atoms with Crippen LogP contribution in [0.1, 0.15) is 22.3 Å². The lowest BCUT2D eigenvalue weighted by atomic mass is 9.97. The lowest BCUT2D eigenvalue weighted by molar-refractivity contribution is -0.275. The third-order valence-corrected chi connectivity index (χ3v) is 4.23. The average molecular weight is 446 g/mol. The maximum atomic E-state index is 12.8. The summed E-state index contributed by atoms with van der Waals surface area (Å²) in [6.07, 6.45) is -10.4. The Morgan fingerprint density at radius 3 is 1.28 bits per heavy atom. The van der Waals surface area contributed by atoms with E-state index in [1.165, 1.54) is 12.1 Å². The minimum absolute atomic E-state index is 0.0720. The fourth-order valence-corrected chi connectivity index (χ4v) is 3.16. The molecule has 0 amide bonds. The monoisotopic (exact) mass is 446 g/mol. The molecule has 2 aromatic carbocycles. The van der Waals surface area contributed by atoms with Crippen molar-refractivity contribution < 1.29 is 35.8 Å². The molecule has 1 aliphatic rings. The van der Waals surface area contributed by atoms with Crippen molar-refractivity contribution in [3.8, 4) is 46.9 Å². The van der Waals surface area contributed by atoms with Gasteiger partial charge < -0.3 is 9.47 Å². The van der Waals surface area contributed by atoms with Gasteiger partial charge in [-0.1, -0.05) is 0 Å². The number of nitrogens with zero attached hydrogens (tertiary/aromatic N) is 4. The van der Waals surface area contributed by atoms with Gasteiger partial charge in [-0.2, -0.15) is 21.0 Å². The zero-order valence-electron chi connectivity index (χ0n) is 15.2. The maximum Gasteiger partial charge on any atom is 0.573 e. The third kappa shape index (κ3) is 3.98. The second-order valence-electron chi connectivity index (χ2n) is 6.08. The van der Waals surface area contributed by atoms with Crippen LogP contribution in [0.2, 0.25) is 0 Å². The van der Waals surface area contributed by atoms with Gasteiger partial charge in [-0.25, -0.2) is 0 Å². The SMILES string of the molecule is N#CC(C#N)=C1c2cc(C#N)c(OC(F)(F)F)cc2-c2cc(OC(F)(F)F)c(C#N)cc21. The summed E-state index contributed by atoms with van der Waals surface area (Å²) < 4.78 is 84.2. The first-order valence-electron chi connectivity index (χ1n) is 8.15. The normalized spacial score (nSPS) is 11.9. The molecule has 0 aromatic heterocycles. The van der Waals surface area contributed by atoms with Crippen LogP contribution in [0, 0.1) is 45.3 Å². The van der Waals surface area contributed by atoms with Crippen molar-refractivity contribution in [3.05, 3.63) is 52.1 Å². The van der Waals surface area contributed by atoms with Crippen LogP contribution in [0.3, 0.4) is 0 Å². The van der Waals surface area contributed by atoms with E-state index in [4.69, 9.17) is 0 Å². The van der Waals surface area contributed by atoms with E-state index in [0.29, 0.717) is 0 Å². The van der Waals surface area contributed by atoms with Crippen LogP contribution in [0.15, 0.2) is 29.8 Å². The Morgan fingerprint density at radius 2 is 1.00 bits per heavy atom. The van der Waals surface area contributed by atoms with Gasteiger partial charge in [-0.05, 0) is 46.5 Å². The molecule has 0 radical (unpaired) electrons. The van der Waals surface area contributed by atoms with E-state index in [0.717, 1.165) is 24.3 Å². The number of allylic oxidation sites excluding steroid dienone is 1. The van der Waals surface area contributed by atoms with E-state index in [1.54, 1.807) is 12.1 Å². The van der Waals surface area contributed by atoms with Gasteiger partial charge in [0.25, 0.3) is 0 Å². The molecular weight excluding hydrogens is 442 g/mol. The molecule has 0 aliphatic heterocycles. The van der Waals surface area contributed by atoms with Gasteiger partial charge in [0, 0.05) is 5.57 Å². The second-order valence-corrected chi connectivity index (χ2v) is 6.08. The molecule has 0 atom stereocenters. The summed E-state index contributed by atoms with van der Waals surface area (Å²) in [5.41, 5.74) is -2.37. The first kappa shape index (κ1) is 22.0. The van der Waals surface area contributed by atoms with Crippen LogP contribution in [-0.2, 0) is 0 Å². The Balaban J connectivity index is 2.42. The first-order chi connectivity index (χ1) is 14.9. The number of fused-ring (bicyclic) bond motifs is 3. The topological polar surface area (TPSA) is 114 Å². The fourth-order valence-electron chi connectivity index (χ4n) is 3.16. The molecule has 0 saturated heterocycles. The highest BCUT2D eigenvalue weighted by Crippen LogP contribution is 2.50. The summed E-state index contributed by atoms with van der Waals surface area (Å²) >= 11 is 0. The zero-order valence-corrected chi connectivity index (χ0v) is 15.2. The molecule has 2 aromatic rings. The van der Waals surface area contributed by atoms with Crippen LogP contribution in [0.25, 0.3) is 16.7 Å². The third-order valence-electron chi connectivity index (χ3n) is 4.23. The van der Waals surface area contributed by atoms with Gasteiger partial charge in [0.15, 0.2) is 0 Å². The number of benzene rings is 2. The van der Waals surface area contributed by atoms with Gasteiger partial charge in [-0.3, -0.25) is 0 Å². The Hall–Kier alpha value is -4.68. The number of rotatable bonds is 2. The van der Waals surface area contributed by atoms with Gasteiger partial charge in [-0.15, -0.1) is 26.3 Å². The summed E-state index contributed by atoms with van der Waals surface area (Å²) in [4.78, 5) is 0. The summed E-state index contributed by atoms with van der Waals surface area (Å²) in [5.74, 6) is -1.88. The van der Waals surface area contributed by atoms with Crippen molar-refractivity contribution in [2.24, 2.45) is 0 Å². The molecule has 0 bridgehead atoms. The van der Waals surface area contributed by atoms with Crippen molar-refractivity contribution in [1.82, 2.24) is 0 Å². The van der Waals surface area contributed by atoms with Gasteiger partial charge in [0.05, 0.1) is 11.1 Å². The molecule has 0 fully saturated rings. The van der Waals surface area contributed by atoms with E-state index >= 15 is 0 Å². The Bertz CT molecular complexity index is 1240. The van der Waals surface area contributed by atoms with Crippen LogP contribution < -0.4 is 9.47 Å². The molecule has 3 rings (SSSR count). The summed E-state index contributed by atoms with van der Waals surface area (Å²) in [7, 11) is 0. The maximum absolute atomic E-state index is 12.8. The molecular formula is C20H4F6N4O2. The first-order valence-corrected chi connectivity index (χ1v) is 8.15. The molecule has 32 heavy (non-hydrogen) atoms. The van der Waals surface area contributed by atoms with Crippen molar-refractivity contribution in [1.29, 1.82) is 21.0 Å². The summed E-state index contributed by atoms with van der Waals surface area (Å²) in [6.45, 7) is 0. The molecule has 0 unspecified atom stereocenters. The van der Waals surface area contributed by atoms with Gasteiger partial charge in [0.2, 0.25) is 0 Å². The van der Waals surface area contributed by atoms with E-state index in [1.807, 2.05) is 0 Å². The lowest BCUT2D eigenvalue weighted by Crippen LogP contribution is -2.18. The predicted molar refractivity (Wildman–Crippen MR) is 91.9 cm³/mol. The number of nitriles is 4. The van der Waals surface area contributed by atoms with E-state index in [9.17, 15) is 47.4 Å². The standard InChI is InChI=1S/C20H4F6N4O2/c21-19(22,23)31-16-3-12-13-4-17(32-20(24,25)26)10(6-28)2-15(13)18(11(7-29)8-30)14(12)1-9(16)5-27/h1-4H. The minimum atomic E-state index is -5.18. The summed E-state index contributed by atoms with van der Waals surface area (Å²) in [6, 6.07) is 9.50. The van der Waals surface area contributed by atoms with Gasteiger partial charge in [0.1, 0.15) is 41.3 Å². The Labute approximate surface area is 175 Å². The number of ether oxygens (including phenoxy) is 2. The smallest absolute Gasteiger partial charge is 0.404 e. The van der Waals surface area contributed by atoms with Gasteiger partial charge >= 0.3 is 12.7 Å². The summed E-state index contributed by atoms with van der Waals surface area (Å²) in [5, 5.41) is 37.0. The van der Waals surface area contributed by atoms with E-state index in [2.05, 4.69) is 9.47 Å². The second kappa shape index (κ2) is 7.54. The molecule has 6 nitrogen and oxygen atoms in total. The number of halogens is 6. The molecule has 1 aliphatic carbocycles. The highest BCUT2D eigenvalue weighted by atomic mass is 19.4. The fraction of sp³-hybridized carbons (Fsp3) is 0.100. The van der Waals surface area contributed by atoms with Crippen LogP contribution in [0.4, 0.5) is 26.3 Å². The number of alkyl halides is 6. The molecule has 158 valence electrons. The van der Waals surface area contributed by atoms with Crippen molar-refractivity contribution >= 4 is 5.57 Å². The number of hydrogen-bond acceptors (Lipinski definition) is 6. The van der Waals surface area contributed by atoms with Crippen LogP contribution in [-0.4, -0.2) is 12.7 Å². The number of hydrogen-bond donors (Lipinski definition) is 0. The average Bonchev–Trinajstić information content (AvgIpc) is 2.98. The highest BCUT2D eigenvalue weighted by Gasteiger charge is 2.37. The molecule has 0 spiro atoms. The lowest BCUT2D eigenvalue weighted by Gasteiger charge is -2.13. The van der Waals surface area contributed by atoms with Crippen LogP contribution >= 0.6 is 0 Å². The highest BCUT2D eigenvalue weighted by molar-refractivity contribution is 6.05. The Kier molecular flexibility index (Phi) is 5.18. The molecule has 0 N–H and O–H groups in total. The zero-order chi connectivity index (χ0) is 23.8. The van der Waals surface area contributed by atoms with Crippen molar-refractivity contribution in [3.63, 3.8) is 0 Å². The minimum Gasteiger partial charge on any atom is -0.404 e. The quantitative estimate of drug-likeness (QED) is 0.402. The Morgan fingerprint density at radius 1 is 0.625 bits per heavy atom.